The highest BCUT2D eigenvalue weighted by Gasteiger charge is 2.42. The van der Waals surface area contributed by atoms with Crippen LogP contribution < -0.4 is 5.32 Å². The number of alkyl halides is 3. The molecule has 1 N–H and O–H groups in total. The molecule has 1 fully saturated rings. The SMILES string of the molecule is CCC(C)C1CC(C(F)(F)F)CCN1. The highest BCUT2D eigenvalue weighted by Crippen LogP contribution is 2.35. The summed E-state index contributed by atoms with van der Waals surface area (Å²) in [5, 5.41) is 3.17. The van der Waals surface area contributed by atoms with Crippen LogP contribution in [0.4, 0.5) is 13.2 Å². The Bertz CT molecular complexity index is 179. The van der Waals surface area contributed by atoms with Crippen molar-refractivity contribution in [3.8, 4) is 0 Å². The van der Waals surface area contributed by atoms with Crippen LogP contribution in [0.15, 0.2) is 0 Å². The predicted octanol–water partition coefficient (Wildman–Crippen LogP) is 2.96. The van der Waals surface area contributed by atoms with Crippen molar-refractivity contribution in [2.45, 2.75) is 45.3 Å². The fourth-order valence-corrected chi connectivity index (χ4v) is 1.97. The van der Waals surface area contributed by atoms with E-state index in [-0.39, 0.29) is 18.9 Å². The van der Waals surface area contributed by atoms with Gasteiger partial charge in [-0.1, -0.05) is 20.3 Å². The van der Waals surface area contributed by atoms with Crippen molar-refractivity contribution < 1.29 is 13.2 Å². The van der Waals surface area contributed by atoms with E-state index in [0.717, 1.165) is 6.42 Å². The van der Waals surface area contributed by atoms with E-state index in [0.29, 0.717) is 12.5 Å². The Balaban J connectivity index is 2.52. The van der Waals surface area contributed by atoms with Crippen LogP contribution in [0.5, 0.6) is 0 Å². The van der Waals surface area contributed by atoms with E-state index < -0.39 is 12.1 Å². The first-order chi connectivity index (χ1) is 6.45. The fraction of sp³-hybridized carbons (Fsp3) is 1.00. The lowest BCUT2D eigenvalue weighted by atomic mass is 9.85. The van der Waals surface area contributed by atoms with E-state index in [1.165, 1.54) is 0 Å². The summed E-state index contributed by atoms with van der Waals surface area (Å²) in [4.78, 5) is 0. The lowest BCUT2D eigenvalue weighted by Gasteiger charge is -2.34. The van der Waals surface area contributed by atoms with Gasteiger partial charge in [-0.3, -0.25) is 0 Å². The summed E-state index contributed by atoms with van der Waals surface area (Å²) in [6, 6.07) is 0.0420. The molecule has 0 radical (unpaired) electrons. The average Bonchev–Trinajstić information content (AvgIpc) is 2.15. The van der Waals surface area contributed by atoms with E-state index in [2.05, 4.69) is 5.32 Å². The Morgan fingerprint density at radius 3 is 2.57 bits per heavy atom. The van der Waals surface area contributed by atoms with Crippen molar-refractivity contribution in [3.63, 3.8) is 0 Å². The van der Waals surface area contributed by atoms with Crippen LogP contribution in [0.1, 0.15) is 33.1 Å². The minimum atomic E-state index is -4.01. The van der Waals surface area contributed by atoms with E-state index in [1.807, 2.05) is 13.8 Å². The topological polar surface area (TPSA) is 12.0 Å². The molecule has 0 amide bonds. The quantitative estimate of drug-likeness (QED) is 0.737. The maximum atomic E-state index is 12.5. The summed E-state index contributed by atoms with van der Waals surface area (Å²) in [5.41, 5.74) is 0. The first-order valence-corrected chi connectivity index (χ1v) is 5.25. The van der Waals surface area contributed by atoms with Gasteiger partial charge in [0.2, 0.25) is 0 Å². The Labute approximate surface area is 83.1 Å². The molecular formula is C10H18F3N. The second-order valence-corrected chi connectivity index (χ2v) is 4.21. The van der Waals surface area contributed by atoms with E-state index in [9.17, 15) is 13.2 Å². The van der Waals surface area contributed by atoms with Crippen molar-refractivity contribution >= 4 is 0 Å². The number of rotatable bonds is 2. The standard InChI is InChI=1S/C10H18F3N/c1-3-7(2)9-6-8(4-5-14-9)10(11,12)13/h7-9,14H,3-6H2,1-2H3. The van der Waals surface area contributed by atoms with Crippen LogP contribution in [-0.4, -0.2) is 18.8 Å². The van der Waals surface area contributed by atoms with Crippen molar-refractivity contribution in [1.82, 2.24) is 5.32 Å². The molecule has 0 aromatic heterocycles. The molecule has 1 aliphatic rings. The van der Waals surface area contributed by atoms with Gasteiger partial charge in [0.15, 0.2) is 0 Å². The summed E-state index contributed by atoms with van der Waals surface area (Å²) < 4.78 is 37.4. The molecule has 1 aliphatic heterocycles. The number of halogens is 3. The Kier molecular flexibility index (Phi) is 3.81. The third kappa shape index (κ3) is 2.87. The molecule has 0 aliphatic carbocycles. The van der Waals surface area contributed by atoms with E-state index in [4.69, 9.17) is 0 Å². The monoisotopic (exact) mass is 209 g/mol. The Morgan fingerprint density at radius 2 is 2.07 bits per heavy atom. The highest BCUT2D eigenvalue weighted by atomic mass is 19.4. The van der Waals surface area contributed by atoms with Crippen molar-refractivity contribution in [3.05, 3.63) is 0 Å². The largest absolute Gasteiger partial charge is 0.391 e. The summed E-state index contributed by atoms with van der Waals surface area (Å²) >= 11 is 0. The summed E-state index contributed by atoms with van der Waals surface area (Å²) in [6.45, 7) is 4.53. The minimum Gasteiger partial charge on any atom is -0.314 e. The molecule has 1 nitrogen and oxygen atoms in total. The molecule has 84 valence electrons. The van der Waals surface area contributed by atoms with Crippen LogP contribution in [0.3, 0.4) is 0 Å². The number of nitrogens with one attached hydrogen (secondary N) is 1. The second kappa shape index (κ2) is 4.51. The first-order valence-electron chi connectivity index (χ1n) is 5.25. The lowest BCUT2D eigenvalue weighted by Crippen LogP contribution is -2.45. The van der Waals surface area contributed by atoms with Crippen LogP contribution >= 0.6 is 0 Å². The predicted molar refractivity (Wildman–Crippen MR) is 50.0 cm³/mol. The zero-order valence-electron chi connectivity index (χ0n) is 8.69. The van der Waals surface area contributed by atoms with Crippen molar-refractivity contribution in [2.75, 3.05) is 6.54 Å². The molecule has 4 heteroatoms. The second-order valence-electron chi connectivity index (χ2n) is 4.21. The summed E-state index contributed by atoms with van der Waals surface area (Å²) in [7, 11) is 0. The minimum absolute atomic E-state index is 0.0420. The number of hydrogen-bond donors (Lipinski definition) is 1. The normalized spacial score (nSPS) is 31.5. The van der Waals surface area contributed by atoms with Gasteiger partial charge in [-0.25, -0.2) is 0 Å². The van der Waals surface area contributed by atoms with Crippen LogP contribution in [0.2, 0.25) is 0 Å². The highest BCUT2D eigenvalue weighted by molar-refractivity contribution is 4.84. The zero-order chi connectivity index (χ0) is 10.8. The van der Waals surface area contributed by atoms with E-state index in [1.54, 1.807) is 0 Å². The van der Waals surface area contributed by atoms with Gasteiger partial charge in [-0.2, -0.15) is 13.2 Å². The van der Waals surface area contributed by atoms with Gasteiger partial charge < -0.3 is 5.32 Å². The Hall–Kier alpha value is -0.250. The van der Waals surface area contributed by atoms with Gasteiger partial charge in [-0.05, 0) is 25.3 Å². The molecule has 0 saturated carbocycles. The van der Waals surface area contributed by atoms with Crippen LogP contribution in [-0.2, 0) is 0 Å². The van der Waals surface area contributed by atoms with Crippen molar-refractivity contribution in [2.24, 2.45) is 11.8 Å². The maximum Gasteiger partial charge on any atom is 0.391 e. The van der Waals surface area contributed by atoms with Gasteiger partial charge in [0.25, 0.3) is 0 Å². The van der Waals surface area contributed by atoms with Gasteiger partial charge >= 0.3 is 6.18 Å². The first kappa shape index (κ1) is 11.8. The molecule has 3 unspecified atom stereocenters. The van der Waals surface area contributed by atoms with E-state index >= 15 is 0 Å². The number of piperidine rings is 1. The molecule has 0 aromatic rings. The third-order valence-electron chi connectivity index (χ3n) is 3.23. The third-order valence-corrected chi connectivity index (χ3v) is 3.23. The lowest BCUT2D eigenvalue weighted by molar-refractivity contribution is -0.184. The molecule has 0 spiro atoms. The van der Waals surface area contributed by atoms with Gasteiger partial charge in [-0.15, -0.1) is 0 Å². The average molecular weight is 209 g/mol. The maximum absolute atomic E-state index is 12.5. The smallest absolute Gasteiger partial charge is 0.314 e. The number of hydrogen-bond acceptors (Lipinski definition) is 1. The molecular weight excluding hydrogens is 191 g/mol. The van der Waals surface area contributed by atoms with Crippen LogP contribution in [0.25, 0.3) is 0 Å². The summed E-state index contributed by atoms with van der Waals surface area (Å²) in [5.74, 6) is -0.761. The molecule has 0 aromatic carbocycles. The fourth-order valence-electron chi connectivity index (χ4n) is 1.97. The zero-order valence-corrected chi connectivity index (χ0v) is 8.69. The van der Waals surface area contributed by atoms with Gasteiger partial charge in [0.1, 0.15) is 0 Å². The van der Waals surface area contributed by atoms with Gasteiger partial charge in [0, 0.05) is 6.04 Å². The van der Waals surface area contributed by atoms with Gasteiger partial charge in [0.05, 0.1) is 5.92 Å². The molecule has 1 saturated heterocycles. The molecule has 14 heavy (non-hydrogen) atoms. The molecule has 1 heterocycles. The molecule has 3 atom stereocenters. The molecule has 0 bridgehead atoms. The van der Waals surface area contributed by atoms with Crippen molar-refractivity contribution in [1.29, 1.82) is 0 Å². The van der Waals surface area contributed by atoms with Crippen LogP contribution in [0, 0.1) is 11.8 Å². The summed E-state index contributed by atoms with van der Waals surface area (Å²) in [6.07, 6.45) is -2.59. The molecule has 1 rings (SSSR count). The Morgan fingerprint density at radius 1 is 1.43 bits per heavy atom.